The topological polar surface area (TPSA) is 100 Å². The van der Waals surface area contributed by atoms with E-state index in [4.69, 9.17) is 5.73 Å². The molecule has 2 rings (SSSR count). The van der Waals surface area contributed by atoms with Gasteiger partial charge in [-0.25, -0.2) is 14.9 Å². The van der Waals surface area contributed by atoms with Crippen LogP contribution in [-0.2, 0) is 0 Å². The molecule has 6 heteroatoms. The van der Waals surface area contributed by atoms with Gasteiger partial charge in [-0.05, 0) is 12.1 Å². The Labute approximate surface area is 72.8 Å². The largest absolute Gasteiger partial charge is 0.384 e. The number of hydrogen-bond donors (Lipinski definition) is 3. The predicted octanol–water partition coefficient (Wildman–Crippen LogP) is -0.258. The molecule has 66 valence electrons. The second-order valence-electron chi connectivity index (χ2n) is 2.47. The van der Waals surface area contributed by atoms with Gasteiger partial charge < -0.3 is 5.73 Å². The monoisotopic (exact) mass is 177 g/mol. The lowest BCUT2D eigenvalue weighted by Gasteiger charge is -1.95. The molecule has 2 aromatic heterocycles. The van der Waals surface area contributed by atoms with E-state index in [0.717, 1.165) is 0 Å². The Kier molecular flexibility index (Phi) is 1.59. The number of rotatable bonds is 1. The fourth-order valence-corrected chi connectivity index (χ4v) is 0.975. The summed E-state index contributed by atoms with van der Waals surface area (Å²) in [4.78, 5) is 17.2. The highest BCUT2D eigenvalue weighted by molar-refractivity contribution is 5.51. The zero-order valence-electron chi connectivity index (χ0n) is 6.61. The molecule has 0 aliphatic heterocycles. The number of nitrogens with two attached hydrogens (primary N) is 1. The molecule has 4 N–H and O–H groups in total. The molecular formula is C7H7N5O. The van der Waals surface area contributed by atoms with E-state index in [9.17, 15) is 4.79 Å². The van der Waals surface area contributed by atoms with Crippen LogP contribution in [0.2, 0.25) is 0 Å². The summed E-state index contributed by atoms with van der Waals surface area (Å²) >= 11 is 0. The summed E-state index contributed by atoms with van der Waals surface area (Å²) in [7, 11) is 0. The first-order valence-electron chi connectivity index (χ1n) is 3.63. The number of nitrogen functional groups attached to an aromatic ring is 1. The number of nitrogens with zero attached hydrogens (tertiary/aromatic N) is 2. The van der Waals surface area contributed by atoms with E-state index in [1.165, 1.54) is 0 Å². The number of anilines is 1. The van der Waals surface area contributed by atoms with Gasteiger partial charge in [0.15, 0.2) is 5.82 Å². The maximum absolute atomic E-state index is 10.7. The second-order valence-corrected chi connectivity index (χ2v) is 2.47. The summed E-state index contributed by atoms with van der Waals surface area (Å²) in [6.07, 6.45) is 0. The molecule has 2 aromatic rings. The van der Waals surface area contributed by atoms with Gasteiger partial charge in [0.1, 0.15) is 11.5 Å². The summed E-state index contributed by atoms with van der Waals surface area (Å²) in [5.41, 5.74) is 5.64. The van der Waals surface area contributed by atoms with Crippen molar-refractivity contribution in [2.75, 3.05) is 5.73 Å². The van der Waals surface area contributed by atoms with Gasteiger partial charge in [-0.2, -0.15) is 5.10 Å². The Morgan fingerprint density at radius 1 is 1.38 bits per heavy atom. The third-order valence-electron chi connectivity index (χ3n) is 1.51. The maximum atomic E-state index is 10.7. The molecule has 0 aliphatic rings. The minimum atomic E-state index is -0.362. The smallest absolute Gasteiger partial charge is 0.340 e. The summed E-state index contributed by atoms with van der Waals surface area (Å²) < 4.78 is 0. The Morgan fingerprint density at radius 3 is 2.85 bits per heavy atom. The number of hydrogen-bond acceptors (Lipinski definition) is 4. The van der Waals surface area contributed by atoms with E-state index < -0.39 is 0 Å². The normalized spacial score (nSPS) is 10.2. The first-order chi connectivity index (χ1) is 6.25. The first-order valence-corrected chi connectivity index (χ1v) is 3.63. The van der Waals surface area contributed by atoms with Crippen molar-refractivity contribution in [3.8, 4) is 11.5 Å². The van der Waals surface area contributed by atoms with Crippen molar-refractivity contribution < 1.29 is 0 Å². The van der Waals surface area contributed by atoms with Crippen molar-refractivity contribution in [3.05, 3.63) is 28.7 Å². The van der Waals surface area contributed by atoms with Crippen LogP contribution in [0, 0.1) is 0 Å². The third kappa shape index (κ3) is 1.41. The molecule has 0 amide bonds. The van der Waals surface area contributed by atoms with E-state index in [2.05, 4.69) is 20.2 Å². The molecule has 2 heterocycles. The van der Waals surface area contributed by atoms with Crippen molar-refractivity contribution >= 4 is 5.82 Å². The van der Waals surface area contributed by atoms with E-state index in [1.54, 1.807) is 18.2 Å². The summed E-state index contributed by atoms with van der Waals surface area (Å²) in [5, 5.41) is 5.96. The molecule has 0 saturated carbocycles. The lowest BCUT2D eigenvalue weighted by Crippen LogP contribution is -2.00. The maximum Gasteiger partial charge on any atom is 0.340 e. The van der Waals surface area contributed by atoms with E-state index in [0.29, 0.717) is 17.3 Å². The average Bonchev–Trinajstić information content (AvgIpc) is 2.52. The Balaban J connectivity index is 2.52. The van der Waals surface area contributed by atoms with Crippen LogP contribution < -0.4 is 11.4 Å². The molecule has 0 spiro atoms. The Bertz CT molecular complexity index is 471. The number of aromatic nitrogens is 4. The van der Waals surface area contributed by atoms with Crippen LogP contribution in [0.3, 0.4) is 0 Å². The van der Waals surface area contributed by atoms with Crippen LogP contribution in [0.5, 0.6) is 0 Å². The summed E-state index contributed by atoms with van der Waals surface area (Å²) in [6.45, 7) is 0. The molecular weight excluding hydrogens is 170 g/mol. The van der Waals surface area contributed by atoms with Gasteiger partial charge in [-0.3, -0.25) is 4.98 Å². The molecule has 0 aromatic carbocycles. The van der Waals surface area contributed by atoms with Crippen LogP contribution in [0.4, 0.5) is 5.82 Å². The molecule has 0 aliphatic carbocycles. The van der Waals surface area contributed by atoms with Gasteiger partial charge in [-0.15, -0.1) is 0 Å². The number of H-pyrrole nitrogens is 2. The van der Waals surface area contributed by atoms with Gasteiger partial charge in [-0.1, -0.05) is 6.07 Å². The molecule has 13 heavy (non-hydrogen) atoms. The Morgan fingerprint density at radius 2 is 2.23 bits per heavy atom. The highest BCUT2D eigenvalue weighted by atomic mass is 16.1. The average molecular weight is 177 g/mol. The van der Waals surface area contributed by atoms with Crippen molar-refractivity contribution in [1.29, 1.82) is 0 Å². The zero-order valence-corrected chi connectivity index (χ0v) is 6.61. The molecule has 0 unspecified atom stereocenters. The highest BCUT2D eigenvalue weighted by Gasteiger charge is 2.02. The standard InChI is InChI=1S/C7H7N5O/c8-5-3-1-2-4(9-5)6-10-7(13)12-11-6/h1-3H,(H2,8,9)(H2,10,11,12,13). The Hall–Kier alpha value is -2.11. The van der Waals surface area contributed by atoms with Crippen molar-refractivity contribution in [3.63, 3.8) is 0 Å². The fourth-order valence-electron chi connectivity index (χ4n) is 0.975. The molecule has 0 bridgehead atoms. The molecule has 6 nitrogen and oxygen atoms in total. The zero-order chi connectivity index (χ0) is 9.26. The lowest BCUT2D eigenvalue weighted by molar-refractivity contribution is 1.05. The molecule has 0 saturated heterocycles. The van der Waals surface area contributed by atoms with Crippen molar-refractivity contribution in [1.82, 2.24) is 20.2 Å². The van der Waals surface area contributed by atoms with E-state index >= 15 is 0 Å². The molecule has 0 radical (unpaired) electrons. The predicted molar refractivity (Wildman–Crippen MR) is 46.9 cm³/mol. The van der Waals surface area contributed by atoms with Crippen LogP contribution in [0.25, 0.3) is 11.5 Å². The van der Waals surface area contributed by atoms with Gasteiger partial charge in [0.2, 0.25) is 0 Å². The first kappa shape index (κ1) is 7.53. The van der Waals surface area contributed by atoms with E-state index in [-0.39, 0.29) is 5.69 Å². The van der Waals surface area contributed by atoms with Gasteiger partial charge in [0.05, 0.1) is 0 Å². The molecule has 0 atom stereocenters. The van der Waals surface area contributed by atoms with Crippen LogP contribution >= 0.6 is 0 Å². The number of aromatic amines is 2. The van der Waals surface area contributed by atoms with Crippen LogP contribution in [0.1, 0.15) is 0 Å². The number of nitrogens with one attached hydrogen (secondary N) is 2. The lowest BCUT2D eigenvalue weighted by atomic mass is 10.3. The molecule has 0 fully saturated rings. The third-order valence-corrected chi connectivity index (χ3v) is 1.51. The van der Waals surface area contributed by atoms with Crippen LogP contribution in [-0.4, -0.2) is 20.2 Å². The quantitative estimate of drug-likeness (QED) is 0.558. The van der Waals surface area contributed by atoms with Gasteiger partial charge in [0, 0.05) is 0 Å². The number of pyridine rings is 1. The van der Waals surface area contributed by atoms with Gasteiger partial charge in [0.25, 0.3) is 0 Å². The van der Waals surface area contributed by atoms with Crippen LogP contribution in [0.15, 0.2) is 23.0 Å². The van der Waals surface area contributed by atoms with Gasteiger partial charge >= 0.3 is 5.69 Å². The minimum absolute atomic E-state index is 0.362. The van der Waals surface area contributed by atoms with Crippen molar-refractivity contribution in [2.24, 2.45) is 0 Å². The minimum Gasteiger partial charge on any atom is -0.384 e. The SMILES string of the molecule is Nc1cccc(-c2n[nH]c(=O)[nH]2)n1. The second kappa shape index (κ2) is 2.74. The summed E-state index contributed by atoms with van der Waals surface area (Å²) in [6, 6.07) is 5.11. The van der Waals surface area contributed by atoms with Crippen molar-refractivity contribution in [2.45, 2.75) is 0 Å². The highest BCUT2D eigenvalue weighted by Crippen LogP contribution is 2.10. The fraction of sp³-hybridized carbons (Fsp3) is 0. The van der Waals surface area contributed by atoms with E-state index in [1.807, 2.05) is 0 Å². The summed E-state index contributed by atoms with van der Waals surface area (Å²) in [5.74, 6) is 0.777.